The Kier molecular flexibility index (Phi) is 3.28. The molecule has 2 aromatic heterocycles. The number of nitrogen functional groups attached to an aromatic ring is 1. The summed E-state index contributed by atoms with van der Waals surface area (Å²) in [5.41, 5.74) is 11.3. The molecule has 4 atom stereocenters. The second-order valence-electron chi connectivity index (χ2n) is 4.88. The van der Waals surface area contributed by atoms with Crippen molar-refractivity contribution >= 4 is 29.0 Å². The summed E-state index contributed by atoms with van der Waals surface area (Å²) in [4.78, 5) is 30.2. The second-order valence-corrected chi connectivity index (χ2v) is 4.88. The van der Waals surface area contributed by atoms with Crippen LogP contribution in [0.2, 0.25) is 0 Å². The molecule has 22 heavy (non-hydrogen) atoms. The number of ether oxygens (including phenoxy) is 1. The molecule has 0 saturated carbocycles. The van der Waals surface area contributed by atoms with Crippen LogP contribution in [-0.2, 0) is 9.53 Å². The zero-order chi connectivity index (χ0) is 16.0. The van der Waals surface area contributed by atoms with E-state index in [1.165, 1.54) is 17.1 Å². The van der Waals surface area contributed by atoms with E-state index in [0.29, 0.717) is 6.29 Å². The Morgan fingerprint density at radius 2 is 2.09 bits per heavy atom. The Morgan fingerprint density at radius 1 is 1.36 bits per heavy atom. The molecule has 0 radical (unpaired) electrons. The number of aliphatic hydroxyl groups excluding tert-OH is 2. The third-order valence-corrected chi connectivity index (χ3v) is 3.59. The number of carbonyl (C=O) groups excluding carboxylic acids is 2. The Labute approximate surface area is 123 Å². The van der Waals surface area contributed by atoms with Gasteiger partial charge in [-0.1, -0.05) is 0 Å². The molecular formula is C12H13N5O5. The fraction of sp³-hybridized carbons (Fsp3) is 0.333. The van der Waals surface area contributed by atoms with Crippen LogP contribution in [-0.4, -0.2) is 55.3 Å². The average molecular weight is 307 g/mol. The lowest BCUT2D eigenvalue weighted by Gasteiger charge is -2.17. The van der Waals surface area contributed by atoms with Crippen LogP contribution in [0.1, 0.15) is 16.6 Å². The van der Waals surface area contributed by atoms with E-state index in [2.05, 4.69) is 9.97 Å². The summed E-state index contributed by atoms with van der Waals surface area (Å²) in [6.45, 7) is 0. The summed E-state index contributed by atoms with van der Waals surface area (Å²) in [6, 6.07) is 0. The fourth-order valence-corrected chi connectivity index (χ4v) is 2.52. The monoisotopic (exact) mass is 307 g/mol. The highest BCUT2D eigenvalue weighted by atomic mass is 16.6. The quantitative estimate of drug-likeness (QED) is 0.469. The van der Waals surface area contributed by atoms with Gasteiger partial charge < -0.3 is 35.8 Å². The first-order chi connectivity index (χ1) is 10.5. The molecule has 0 aromatic carbocycles. The lowest BCUT2D eigenvalue weighted by Crippen LogP contribution is -2.32. The molecule has 6 N–H and O–H groups in total. The van der Waals surface area contributed by atoms with Crippen LogP contribution in [0.4, 0.5) is 5.82 Å². The molecule has 10 nitrogen and oxygen atoms in total. The molecule has 0 aliphatic carbocycles. The molecule has 0 unspecified atom stereocenters. The van der Waals surface area contributed by atoms with Crippen LogP contribution in [0, 0.1) is 0 Å². The van der Waals surface area contributed by atoms with Gasteiger partial charge in [-0.05, 0) is 0 Å². The third kappa shape index (κ3) is 1.93. The molecule has 1 aliphatic heterocycles. The number of amides is 1. The maximum absolute atomic E-state index is 11.6. The Hall–Kier alpha value is -2.56. The molecule has 2 aromatic rings. The van der Waals surface area contributed by atoms with E-state index in [1.807, 2.05) is 0 Å². The van der Waals surface area contributed by atoms with Gasteiger partial charge in [0.2, 0.25) is 0 Å². The minimum Gasteiger partial charge on any atom is -0.387 e. The van der Waals surface area contributed by atoms with Crippen molar-refractivity contribution in [3.63, 3.8) is 0 Å². The molecule has 1 fully saturated rings. The number of fused-ring (bicyclic) bond motifs is 1. The highest BCUT2D eigenvalue weighted by molar-refractivity contribution is 6.08. The number of nitrogens with zero attached hydrogens (tertiary/aromatic N) is 3. The highest BCUT2D eigenvalue weighted by Gasteiger charge is 2.44. The zero-order valence-electron chi connectivity index (χ0n) is 11.2. The average Bonchev–Trinajstić information content (AvgIpc) is 3.00. The summed E-state index contributed by atoms with van der Waals surface area (Å²) in [5, 5.41) is 20.0. The van der Waals surface area contributed by atoms with Crippen LogP contribution in [0.5, 0.6) is 0 Å². The summed E-state index contributed by atoms with van der Waals surface area (Å²) >= 11 is 0. The summed E-state index contributed by atoms with van der Waals surface area (Å²) < 4.78 is 6.60. The van der Waals surface area contributed by atoms with Crippen LogP contribution in [0.15, 0.2) is 12.5 Å². The number of carbonyl (C=O) groups is 2. The number of hydrogen-bond donors (Lipinski definition) is 4. The van der Waals surface area contributed by atoms with E-state index < -0.39 is 30.4 Å². The van der Waals surface area contributed by atoms with Gasteiger partial charge in [0.15, 0.2) is 12.5 Å². The van der Waals surface area contributed by atoms with Crippen molar-refractivity contribution in [2.45, 2.75) is 24.5 Å². The number of hydrogen-bond acceptors (Lipinski definition) is 8. The molecule has 116 valence electrons. The maximum atomic E-state index is 11.6. The summed E-state index contributed by atoms with van der Waals surface area (Å²) in [6.07, 6.45) is -2.22. The molecule has 0 bridgehead atoms. The van der Waals surface area contributed by atoms with Crippen molar-refractivity contribution in [2.75, 3.05) is 5.73 Å². The molecule has 10 heteroatoms. The largest absolute Gasteiger partial charge is 0.387 e. The first-order valence-electron chi connectivity index (χ1n) is 6.33. The Bertz CT molecular complexity index is 760. The fourth-order valence-electron chi connectivity index (χ4n) is 2.52. The van der Waals surface area contributed by atoms with Crippen LogP contribution in [0.3, 0.4) is 0 Å². The normalized spacial score (nSPS) is 28.1. The predicted octanol–water partition coefficient (Wildman–Crippen LogP) is -2.07. The van der Waals surface area contributed by atoms with Crippen molar-refractivity contribution in [3.8, 4) is 0 Å². The number of nitrogens with two attached hydrogens (primary N) is 2. The summed E-state index contributed by atoms with van der Waals surface area (Å²) in [5.74, 6) is -0.720. The number of aromatic nitrogens is 3. The van der Waals surface area contributed by atoms with Gasteiger partial charge in [0.05, 0.1) is 10.9 Å². The van der Waals surface area contributed by atoms with Gasteiger partial charge in [0, 0.05) is 6.20 Å². The molecule has 3 rings (SSSR count). The van der Waals surface area contributed by atoms with Crippen molar-refractivity contribution in [2.24, 2.45) is 5.73 Å². The zero-order valence-corrected chi connectivity index (χ0v) is 11.2. The van der Waals surface area contributed by atoms with E-state index >= 15 is 0 Å². The van der Waals surface area contributed by atoms with Crippen LogP contribution in [0.25, 0.3) is 11.0 Å². The maximum Gasteiger partial charge on any atom is 0.251 e. The Morgan fingerprint density at radius 3 is 2.68 bits per heavy atom. The van der Waals surface area contributed by atoms with Gasteiger partial charge in [-0.2, -0.15) is 0 Å². The number of primary amides is 1. The van der Waals surface area contributed by atoms with Crippen molar-refractivity contribution < 1.29 is 24.5 Å². The topological polar surface area (TPSA) is 167 Å². The van der Waals surface area contributed by atoms with E-state index in [1.54, 1.807) is 0 Å². The molecule has 1 amide bonds. The van der Waals surface area contributed by atoms with Crippen molar-refractivity contribution in [1.82, 2.24) is 14.5 Å². The van der Waals surface area contributed by atoms with Gasteiger partial charge in [-0.15, -0.1) is 0 Å². The van der Waals surface area contributed by atoms with Gasteiger partial charge in [0.25, 0.3) is 5.91 Å². The highest BCUT2D eigenvalue weighted by Crippen LogP contribution is 2.33. The van der Waals surface area contributed by atoms with Gasteiger partial charge in [-0.25, -0.2) is 9.97 Å². The first-order valence-corrected chi connectivity index (χ1v) is 6.33. The van der Waals surface area contributed by atoms with E-state index in [-0.39, 0.29) is 22.4 Å². The van der Waals surface area contributed by atoms with Gasteiger partial charge in [0.1, 0.15) is 36.1 Å². The number of anilines is 1. The van der Waals surface area contributed by atoms with Gasteiger partial charge in [-0.3, -0.25) is 4.79 Å². The number of aliphatic hydroxyl groups is 2. The lowest BCUT2D eigenvalue weighted by atomic mass is 10.1. The van der Waals surface area contributed by atoms with E-state index in [4.69, 9.17) is 16.2 Å². The minimum absolute atomic E-state index is 0.0394. The standard InChI is InChI=1S/C12H13N5O5/c13-9-6-4(10(14)21)1-17(11(6)16-3-15-9)12-8(20)7(19)5(2-18)22-12/h1-3,5,7-8,12,19-20H,(H2,14,21)(H2,13,15,16)/t5-,7-,8-,12-/m1/s1. The molecular weight excluding hydrogens is 294 g/mol. The predicted molar refractivity (Wildman–Crippen MR) is 72.4 cm³/mol. The number of aldehydes is 1. The number of rotatable bonds is 3. The van der Waals surface area contributed by atoms with Crippen molar-refractivity contribution in [1.29, 1.82) is 0 Å². The molecule has 1 saturated heterocycles. The smallest absolute Gasteiger partial charge is 0.251 e. The van der Waals surface area contributed by atoms with Crippen LogP contribution < -0.4 is 11.5 Å². The lowest BCUT2D eigenvalue weighted by molar-refractivity contribution is -0.122. The molecule has 0 spiro atoms. The Balaban J connectivity index is 2.18. The van der Waals surface area contributed by atoms with Crippen molar-refractivity contribution in [3.05, 3.63) is 18.1 Å². The summed E-state index contributed by atoms with van der Waals surface area (Å²) in [7, 11) is 0. The second kappa shape index (κ2) is 5.02. The third-order valence-electron chi connectivity index (χ3n) is 3.59. The van der Waals surface area contributed by atoms with E-state index in [9.17, 15) is 19.8 Å². The van der Waals surface area contributed by atoms with Gasteiger partial charge >= 0.3 is 0 Å². The molecule has 3 heterocycles. The SMILES string of the molecule is NC(=O)c1cn([C@@H]2O[C@H](C=O)[C@@H](O)[C@H]2O)c2ncnc(N)c12. The van der Waals surface area contributed by atoms with Crippen LogP contribution >= 0.6 is 0 Å². The molecule has 1 aliphatic rings. The van der Waals surface area contributed by atoms with E-state index in [0.717, 1.165) is 0 Å². The first kappa shape index (κ1) is 14.4. The minimum atomic E-state index is -1.39.